The summed E-state index contributed by atoms with van der Waals surface area (Å²) in [5.74, 6) is -0.501. The van der Waals surface area contributed by atoms with Gasteiger partial charge in [-0.05, 0) is 56.0 Å². The number of para-hydroxylation sites is 2. The molecule has 0 fully saturated rings. The van der Waals surface area contributed by atoms with Crippen LogP contribution in [0.3, 0.4) is 0 Å². The number of benzene rings is 2. The summed E-state index contributed by atoms with van der Waals surface area (Å²) in [6.45, 7) is 7.70. The number of carboxylic acid groups (broad SMARTS) is 1. The number of carbonyl (C=O) groups is 1. The van der Waals surface area contributed by atoms with Crippen molar-refractivity contribution in [1.29, 1.82) is 0 Å². The Bertz CT molecular complexity index is 1310. The fourth-order valence-electron chi connectivity index (χ4n) is 3.68. The molecule has 8 nitrogen and oxygen atoms in total. The van der Waals surface area contributed by atoms with Gasteiger partial charge in [-0.1, -0.05) is 35.9 Å². The first-order valence-corrected chi connectivity index (χ1v) is 11.1. The molecule has 0 aliphatic carbocycles. The van der Waals surface area contributed by atoms with E-state index in [1.807, 2.05) is 13.0 Å². The largest absolute Gasteiger partial charge is 0.476 e. The maximum Gasteiger partial charge on any atom is 0.360 e. The van der Waals surface area contributed by atoms with Crippen LogP contribution >= 0.6 is 0 Å². The van der Waals surface area contributed by atoms with Gasteiger partial charge in [-0.2, -0.15) is 0 Å². The van der Waals surface area contributed by atoms with Crippen LogP contribution in [-0.4, -0.2) is 44.2 Å². The number of aryl methyl sites for hydroxylation is 3. The molecule has 0 bridgehead atoms. The second kappa shape index (κ2) is 10.2. The number of hydrogen-bond donors (Lipinski definition) is 1. The second-order valence-electron chi connectivity index (χ2n) is 8.29. The zero-order valence-electron chi connectivity index (χ0n) is 19.5. The first-order valence-electron chi connectivity index (χ1n) is 11.1. The molecule has 34 heavy (non-hydrogen) atoms. The fourth-order valence-corrected chi connectivity index (χ4v) is 3.68. The number of aromatic carboxylic acids is 1. The number of anilines is 1. The summed E-state index contributed by atoms with van der Waals surface area (Å²) in [4.78, 5) is 31.3. The summed E-state index contributed by atoms with van der Waals surface area (Å²) >= 11 is 0. The van der Waals surface area contributed by atoms with Crippen molar-refractivity contribution in [1.82, 2.24) is 19.9 Å². The van der Waals surface area contributed by atoms with Crippen LogP contribution in [0.1, 0.15) is 39.2 Å². The Morgan fingerprint density at radius 2 is 1.68 bits per heavy atom. The molecule has 0 saturated carbocycles. The van der Waals surface area contributed by atoms with Gasteiger partial charge in [0.1, 0.15) is 0 Å². The molecule has 0 spiro atoms. The average molecular weight is 458 g/mol. The SMILES string of the molecule is Cc1cnc(N(CCCOc2nc3ccccc3nc2C(=O)O)Cc2ccc(C)cc2C)nc1. The van der Waals surface area contributed by atoms with Crippen LogP contribution < -0.4 is 9.64 Å². The van der Waals surface area contributed by atoms with Crippen LogP contribution in [0.4, 0.5) is 5.95 Å². The van der Waals surface area contributed by atoms with Crippen molar-refractivity contribution in [3.05, 3.63) is 82.8 Å². The lowest BCUT2D eigenvalue weighted by Gasteiger charge is -2.24. The van der Waals surface area contributed by atoms with E-state index in [2.05, 4.69) is 56.9 Å². The van der Waals surface area contributed by atoms with Gasteiger partial charge in [0, 0.05) is 25.5 Å². The maximum atomic E-state index is 11.7. The summed E-state index contributed by atoms with van der Waals surface area (Å²) in [7, 11) is 0. The number of ether oxygens (including phenoxy) is 1. The molecule has 0 unspecified atom stereocenters. The molecule has 0 aliphatic heterocycles. The normalized spacial score (nSPS) is 10.9. The van der Waals surface area contributed by atoms with Gasteiger partial charge in [-0.3, -0.25) is 0 Å². The number of carboxylic acids is 1. The molecule has 4 aromatic rings. The predicted molar refractivity (Wildman–Crippen MR) is 130 cm³/mol. The summed E-state index contributed by atoms with van der Waals surface area (Å²) in [6.07, 6.45) is 4.23. The van der Waals surface area contributed by atoms with E-state index in [9.17, 15) is 9.90 Å². The minimum atomic E-state index is -1.17. The standard InChI is InChI=1S/C26H27N5O3/c1-17-9-10-20(19(3)13-17)16-31(26-27-14-18(2)15-28-26)11-6-12-34-24-23(25(32)33)29-21-7-4-5-8-22(21)30-24/h4-5,7-10,13-15H,6,11-12,16H2,1-3H3,(H,32,33). The number of fused-ring (bicyclic) bond motifs is 1. The highest BCUT2D eigenvalue weighted by Crippen LogP contribution is 2.20. The highest BCUT2D eigenvalue weighted by atomic mass is 16.5. The molecule has 2 aromatic carbocycles. The van der Waals surface area contributed by atoms with Crippen molar-refractivity contribution in [3.63, 3.8) is 0 Å². The summed E-state index contributed by atoms with van der Waals surface area (Å²) in [5.41, 5.74) is 5.55. The molecule has 8 heteroatoms. The van der Waals surface area contributed by atoms with E-state index < -0.39 is 5.97 Å². The number of hydrogen-bond acceptors (Lipinski definition) is 7. The van der Waals surface area contributed by atoms with Crippen molar-refractivity contribution < 1.29 is 14.6 Å². The molecule has 2 heterocycles. The van der Waals surface area contributed by atoms with Crippen LogP contribution in [0.15, 0.2) is 54.9 Å². The lowest BCUT2D eigenvalue weighted by Crippen LogP contribution is -2.27. The number of nitrogens with zero attached hydrogens (tertiary/aromatic N) is 5. The Kier molecular flexibility index (Phi) is 6.96. The summed E-state index contributed by atoms with van der Waals surface area (Å²) in [6, 6.07) is 13.5. The molecule has 0 saturated heterocycles. The van der Waals surface area contributed by atoms with Gasteiger partial charge in [0.05, 0.1) is 17.6 Å². The van der Waals surface area contributed by atoms with Crippen LogP contribution in [0, 0.1) is 20.8 Å². The highest BCUT2D eigenvalue weighted by Gasteiger charge is 2.17. The first kappa shape index (κ1) is 23.1. The summed E-state index contributed by atoms with van der Waals surface area (Å²) in [5, 5.41) is 9.54. The van der Waals surface area contributed by atoms with Gasteiger partial charge in [0.25, 0.3) is 0 Å². The Labute approximate surface area is 198 Å². The molecular formula is C26H27N5O3. The van der Waals surface area contributed by atoms with Crippen LogP contribution in [0.5, 0.6) is 5.88 Å². The zero-order chi connectivity index (χ0) is 24.1. The van der Waals surface area contributed by atoms with Crippen molar-refractivity contribution in [3.8, 4) is 5.88 Å². The number of aromatic nitrogens is 4. The van der Waals surface area contributed by atoms with Crippen molar-refractivity contribution >= 4 is 23.0 Å². The molecule has 0 atom stereocenters. The Hall–Kier alpha value is -4.07. The number of rotatable bonds is 9. The smallest absolute Gasteiger partial charge is 0.360 e. The topological polar surface area (TPSA) is 101 Å². The molecule has 0 radical (unpaired) electrons. The van der Waals surface area contributed by atoms with E-state index in [4.69, 9.17) is 4.74 Å². The second-order valence-corrected chi connectivity index (χ2v) is 8.29. The van der Waals surface area contributed by atoms with E-state index in [1.54, 1.807) is 30.6 Å². The molecule has 1 N–H and O–H groups in total. The van der Waals surface area contributed by atoms with E-state index >= 15 is 0 Å². The molecule has 174 valence electrons. The lowest BCUT2D eigenvalue weighted by molar-refractivity contribution is 0.0684. The molecule has 0 amide bonds. The highest BCUT2D eigenvalue weighted by molar-refractivity contribution is 5.90. The monoisotopic (exact) mass is 457 g/mol. The van der Waals surface area contributed by atoms with Gasteiger partial charge in [0.2, 0.25) is 17.5 Å². The maximum absolute atomic E-state index is 11.7. The van der Waals surface area contributed by atoms with Crippen molar-refractivity contribution in [2.75, 3.05) is 18.1 Å². The quantitative estimate of drug-likeness (QED) is 0.366. The van der Waals surface area contributed by atoms with Gasteiger partial charge >= 0.3 is 5.97 Å². The first-order chi connectivity index (χ1) is 16.4. The predicted octanol–water partition coefficient (Wildman–Crippen LogP) is 4.52. The molecular weight excluding hydrogens is 430 g/mol. The fraction of sp³-hybridized carbons (Fsp3) is 0.269. The Morgan fingerprint density at radius 3 is 2.35 bits per heavy atom. The van der Waals surface area contributed by atoms with Crippen LogP contribution in [0.25, 0.3) is 11.0 Å². The Morgan fingerprint density at radius 1 is 0.971 bits per heavy atom. The summed E-state index contributed by atoms with van der Waals surface area (Å²) < 4.78 is 5.78. The average Bonchev–Trinajstić information content (AvgIpc) is 2.82. The van der Waals surface area contributed by atoms with E-state index in [1.165, 1.54) is 16.7 Å². The van der Waals surface area contributed by atoms with Gasteiger partial charge in [0.15, 0.2) is 0 Å². The van der Waals surface area contributed by atoms with Crippen LogP contribution in [-0.2, 0) is 6.54 Å². The van der Waals surface area contributed by atoms with Crippen molar-refractivity contribution in [2.24, 2.45) is 0 Å². The third kappa shape index (κ3) is 5.46. The Balaban J connectivity index is 1.48. The molecule has 0 aliphatic rings. The molecule has 2 aromatic heterocycles. The molecule has 4 rings (SSSR count). The van der Waals surface area contributed by atoms with E-state index in [-0.39, 0.29) is 18.2 Å². The minimum absolute atomic E-state index is 0.0266. The zero-order valence-corrected chi connectivity index (χ0v) is 19.5. The van der Waals surface area contributed by atoms with Gasteiger partial charge in [-0.25, -0.2) is 24.7 Å². The van der Waals surface area contributed by atoms with Gasteiger partial charge < -0.3 is 14.7 Å². The lowest BCUT2D eigenvalue weighted by atomic mass is 10.1. The van der Waals surface area contributed by atoms with Gasteiger partial charge in [-0.15, -0.1) is 0 Å². The minimum Gasteiger partial charge on any atom is -0.476 e. The van der Waals surface area contributed by atoms with E-state index in [0.29, 0.717) is 36.5 Å². The van der Waals surface area contributed by atoms with E-state index in [0.717, 1.165) is 5.56 Å². The van der Waals surface area contributed by atoms with Crippen LogP contribution in [0.2, 0.25) is 0 Å². The third-order valence-corrected chi connectivity index (χ3v) is 5.46. The third-order valence-electron chi connectivity index (χ3n) is 5.46. The van der Waals surface area contributed by atoms with Crippen molar-refractivity contribution in [2.45, 2.75) is 33.7 Å².